The van der Waals surface area contributed by atoms with Crippen molar-refractivity contribution in [2.24, 2.45) is 0 Å². The van der Waals surface area contributed by atoms with Crippen molar-refractivity contribution < 1.29 is 15.0 Å². The molecule has 4 heteroatoms. The van der Waals surface area contributed by atoms with Crippen molar-refractivity contribution in [1.29, 1.82) is 0 Å². The molecule has 8 heavy (non-hydrogen) atoms. The molecule has 0 aromatic rings. The minimum absolute atomic E-state index is 0.00847. The number of rotatable bonds is 3. The second-order valence-electron chi connectivity index (χ2n) is 1.54. The molecular formula is C4H9O3Sb. The molecule has 0 heterocycles. The molecule has 0 aromatic heterocycles. The Bertz CT molecular complexity index is 83.4. The van der Waals surface area contributed by atoms with E-state index >= 15 is 0 Å². The van der Waals surface area contributed by atoms with Gasteiger partial charge < -0.3 is 0 Å². The quantitative estimate of drug-likeness (QED) is 0.600. The van der Waals surface area contributed by atoms with Gasteiger partial charge in [0.1, 0.15) is 0 Å². The van der Waals surface area contributed by atoms with Crippen LogP contribution in [-0.2, 0) is 4.79 Å². The number of hydrogen-bond donors (Lipinski definition) is 2. The van der Waals surface area contributed by atoms with E-state index in [4.69, 9.17) is 10.2 Å². The van der Waals surface area contributed by atoms with Crippen molar-refractivity contribution in [3.8, 4) is 0 Å². The summed E-state index contributed by atoms with van der Waals surface area (Å²) in [5.74, 6) is -0.823. The van der Waals surface area contributed by atoms with Crippen LogP contribution in [0.2, 0.25) is 3.86 Å². The molecule has 0 saturated heterocycles. The Labute approximate surface area is 61.2 Å². The molecule has 0 aromatic carbocycles. The first-order valence-electron chi connectivity index (χ1n) is 2.25. The van der Waals surface area contributed by atoms with Crippen LogP contribution in [0.25, 0.3) is 0 Å². The average molecular weight is 227 g/mol. The normalized spacial score (nSPS) is 13.2. The topological polar surface area (TPSA) is 57.5 Å². The van der Waals surface area contributed by atoms with E-state index in [-0.39, 0.29) is 16.9 Å². The molecule has 0 radical (unpaired) electrons. The van der Waals surface area contributed by atoms with E-state index in [9.17, 15) is 4.79 Å². The van der Waals surface area contributed by atoms with Gasteiger partial charge >= 0.3 is 60.9 Å². The maximum absolute atomic E-state index is 9.88. The van der Waals surface area contributed by atoms with E-state index in [1.54, 1.807) is 0 Å². The Kier molecular flexibility index (Phi) is 4.29. The van der Waals surface area contributed by atoms with Crippen LogP contribution in [0.5, 0.6) is 0 Å². The molecule has 1 atom stereocenters. The SMILES string of the molecule is O=C(O)C[CH]([SbH2])CO. The van der Waals surface area contributed by atoms with Gasteiger partial charge in [-0.25, -0.2) is 0 Å². The average Bonchev–Trinajstić information content (AvgIpc) is 1.65. The summed E-state index contributed by atoms with van der Waals surface area (Å²) in [5.41, 5.74) is 0. The number of carboxylic acid groups (broad SMARTS) is 1. The summed E-state index contributed by atoms with van der Waals surface area (Å²) in [4.78, 5) is 9.88. The van der Waals surface area contributed by atoms with Crippen LogP contribution >= 0.6 is 0 Å². The first-order chi connectivity index (χ1) is 3.66. The van der Waals surface area contributed by atoms with Crippen LogP contribution in [0.15, 0.2) is 0 Å². The van der Waals surface area contributed by atoms with Crippen molar-refractivity contribution in [2.45, 2.75) is 10.3 Å². The maximum atomic E-state index is 9.88. The number of carboxylic acids is 1. The van der Waals surface area contributed by atoms with Gasteiger partial charge in [0.05, 0.1) is 0 Å². The van der Waals surface area contributed by atoms with E-state index < -0.39 is 5.97 Å². The zero-order chi connectivity index (χ0) is 6.57. The molecule has 0 rings (SSSR count). The van der Waals surface area contributed by atoms with Gasteiger partial charge in [-0.3, -0.25) is 0 Å². The fourth-order valence-electron chi connectivity index (χ4n) is 0.289. The molecule has 3 nitrogen and oxygen atoms in total. The van der Waals surface area contributed by atoms with Crippen LogP contribution in [0, 0.1) is 0 Å². The minimum atomic E-state index is -0.823. The van der Waals surface area contributed by atoms with Crippen molar-refractivity contribution in [3.05, 3.63) is 0 Å². The summed E-state index contributed by atoms with van der Waals surface area (Å²) >= 11 is 0.816. The third-order valence-electron chi connectivity index (χ3n) is 0.671. The molecule has 0 spiro atoms. The van der Waals surface area contributed by atoms with Crippen LogP contribution < -0.4 is 0 Å². The van der Waals surface area contributed by atoms with E-state index in [1.165, 1.54) is 0 Å². The molecular weight excluding hydrogens is 218 g/mol. The van der Waals surface area contributed by atoms with Crippen molar-refractivity contribution in [3.63, 3.8) is 0 Å². The molecule has 0 amide bonds. The van der Waals surface area contributed by atoms with Gasteiger partial charge in [-0.15, -0.1) is 0 Å². The molecule has 0 fully saturated rings. The van der Waals surface area contributed by atoms with E-state index in [0.29, 0.717) is 0 Å². The van der Waals surface area contributed by atoms with Gasteiger partial charge in [0.25, 0.3) is 0 Å². The fourth-order valence-corrected chi connectivity index (χ4v) is 0.864. The first-order valence-corrected chi connectivity index (χ1v) is 4.15. The summed E-state index contributed by atoms with van der Waals surface area (Å²) < 4.78 is 0.0119. The van der Waals surface area contributed by atoms with E-state index in [0.717, 1.165) is 23.0 Å². The standard InChI is InChI=1S/C4H7O3.Sb.2H/c5-3-1-2-4(6)7;;;/h1,5H,2-3H2,(H,6,7);;;. The van der Waals surface area contributed by atoms with E-state index in [1.807, 2.05) is 0 Å². The van der Waals surface area contributed by atoms with Gasteiger partial charge in [-0.2, -0.15) is 0 Å². The third-order valence-corrected chi connectivity index (χ3v) is 1.95. The number of hydrogen-bond acceptors (Lipinski definition) is 2. The first kappa shape index (κ1) is 8.25. The summed E-state index contributed by atoms with van der Waals surface area (Å²) in [6.45, 7) is 0.00847. The van der Waals surface area contributed by atoms with Gasteiger partial charge in [-0.1, -0.05) is 0 Å². The summed E-state index contributed by atoms with van der Waals surface area (Å²) in [6, 6.07) is 0. The number of carbonyl (C=O) groups is 1. The van der Waals surface area contributed by atoms with Gasteiger partial charge in [0, 0.05) is 0 Å². The van der Waals surface area contributed by atoms with Gasteiger partial charge in [0.2, 0.25) is 0 Å². The molecule has 0 saturated carbocycles. The number of aliphatic hydroxyl groups is 1. The predicted octanol–water partition coefficient (Wildman–Crippen LogP) is -1.13. The number of aliphatic carboxylic acids is 1. The Morgan fingerprint density at radius 1 is 1.75 bits per heavy atom. The third kappa shape index (κ3) is 4.41. The fraction of sp³-hybridized carbons (Fsp3) is 0.750. The second kappa shape index (κ2) is 4.16. The molecule has 0 aliphatic rings. The zero-order valence-corrected chi connectivity index (χ0v) is 7.67. The zero-order valence-electron chi connectivity index (χ0n) is 4.37. The van der Waals surface area contributed by atoms with Gasteiger partial charge in [-0.05, 0) is 0 Å². The Morgan fingerprint density at radius 2 is 2.25 bits per heavy atom. The van der Waals surface area contributed by atoms with Gasteiger partial charge in [0.15, 0.2) is 0 Å². The van der Waals surface area contributed by atoms with Crippen LogP contribution in [-0.4, -0.2) is 45.8 Å². The van der Waals surface area contributed by atoms with Crippen LogP contribution in [0.4, 0.5) is 0 Å². The monoisotopic (exact) mass is 226 g/mol. The molecule has 0 aliphatic carbocycles. The van der Waals surface area contributed by atoms with Crippen molar-refractivity contribution in [2.75, 3.05) is 6.61 Å². The molecule has 48 valence electrons. The molecule has 2 N–H and O–H groups in total. The van der Waals surface area contributed by atoms with Crippen LogP contribution in [0.3, 0.4) is 0 Å². The molecule has 0 bridgehead atoms. The summed E-state index contributed by atoms with van der Waals surface area (Å²) in [5, 5.41) is 16.5. The summed E-state index contributed by atoms with van der Waals surface area (Å²) in [7, 11) is 0. The predicted molar refractivity (Wildman–Crippen MR) is 31.6 cm³/mol. The van der Waals surface area contributed by atoms with E-state index in [2.05, 4.69) is 0 Å². The Morgan fingerprint density at radius 3 is 2.38 bits per heavy atom. The molecule has 0 aliphatic heterocycles. The summed E-state index contributed by atoms with van der Waals surface area (Å²) in [6.07, 6.45) is 0.110. The Hall–Kier alpha value is 0.248. The second-order valence-corrected chi connectivity index (χ2v) is 4.23. The van der Waals surface area contributed by atoms with Crippen molar-refractivity contribution in [1.82, 2.24) is 0 Å². The van der Waals surface area contributed by atoms with Crippen LogP contribution in [0.1, 0.15) is 6.42 Å². The number of aliphatic hydroxyl groups excluding tert-OH is 1. The van der Waals surface area contributed by atoms with Crippen molar-refractivity contribution >= 4 is 29.0 Å². The Balaban J connectivity index is 3.24. The molecule has 1 unspecified atom stereocenters.